The summed E-state index contributed by atoms with van der Waals surface area (Å²) in [5, 5.41) is 7.93. The molecule has 186 valence electrons. The summed E-state index contributed by atoms with van der Waals surface area (Å²) in [6.45, 7) is 5.01. The van der Waals surface area contributed by atoms with Crippen LogP contribution in [0.5, 0.6) is 0 Å². The summed E-state index contributed by atoms with van der Waals surface area (Å²) < 4.78 is 26.7. The molecule has 0 saturated carbocycles. The zero-order valence-electron chi connectivity index (χ0n) is 20.6. The molecule has 2 unspecified atom stereocenters. The van der Waals surface area contributed by atoms with Crippen LogP contribution in [0, 0.1) is 0 Å². The Hall–Kier alpha value is -2.76. The predicted molar refractivity (Wildman–Crippen MR) is 144 cm³/mol. The number of benzene rings is 2. The maximum Gasteiger partial charge on any atom is 0.248 e. The second kappa shape index (κ2) is 12.3. The smallest absolute Gasteiger partial charge is 0.248 e. The Balaban J connectivity index is 2.00. The molecule has 0 amide bonds. The number of rotatable bonds is 11. The Morgan fingerprint density at radius 2 is 1.91 bits per heavy atom. The Morgan fingerprint density at radius 3 is 2.57 bits per heavy atom. The van der Waals surface area contributed by atoms with Crippen LogP contribution in [0.2, 0.25) is 5.02 Å². The number of nitrogens with zero attached hydrogens (tertiary/aromatic N) is 1. The first kappa shape index (κ1) is 26.8. The highest BCUT2D eigenvalue weighted by Crippen LogP contribution is 2.34. The highest BCUT2D eigenvalue weighted by Gasteiger charge is 2.38. The van der Waals surface area contributed by atoms with Crippen LogP contribution >= 0.6 is 11.6 Å². The van der Waals surface area contributed by atoms with Crippen LogP contribution in [0.4, 0.5) is 14.5 Å². The molecule has 3 nitrogen and oxygen atoms in total. The zero-order chi connectivity index (χ0) is 25.3. The van der Waals surface area contributed by atoms with E-state index in [2.05, 4.69) is 35.8 Å². The lowest BCUT2D eigenvalue weighted by molar-refractivity contribution is 0.0255. The van der Waals surface area contributed by atoms with E-state index in [1.54, 1.807) is 6.08 Å². The fourth-order valence-corrected chi connectivity index (χ4v) is 4.42. The van der Waals surface area contributed by atoms with Crippen molar-refractivity contribution in [3.05, 3.63) is 101 Å². The van der Waals surface area contributed by atoms with Gasteiger partial charge in [-0.25, -0.2) is 8.78 Å². The SMILES string of the molecule is C/C(=C\C=C/CC(C)(F)F)C(Cc1ccccc1)(NC(C)Nc1cccc(Cl)c1)C1=CCCC=N1. The Bertz CT molecular complexity index is 1090. The molecule has 6 heteroatoms. The summed E-state index contributed by atoms with van der Waals surface area (Å²) >= 11 is 6.19. The first-order valence-corrected chi connectivity index (χ1v) is 12.3. The van der Waals surface area contributed by atoms with Gasteiger partial charge in [0.1, 0.15) is 0 Å². The standard InChI is InChI=1S/C29H34ClF2N3/c1-22(12-7-9-18-28(3,31)32)29(27-17-8-10-19-33-27,21-24-13-5-4-6-14-24)35-23(2)34-26-16-11-15-25(30)20-26/h4-7,9,11-17,19-20,23,34-35H,8,10,18,21H2,1-3H3/b9-7-,22-12+. The molecule has 0 saturated heterocycles. The van der Waals surface area contributed by atoms with E-state index in [-0.39, 0.29) is 12.6 Å². The number of alkyl halides is 2. The Morgan fingerprint density at radius 1 is 1.14 bits per heavy atom. The summed E-state index contributed by atoms with van der Waals surface area (Å²) in [5.41, 5.74) is 3.31. The first-order valence-electron chi connectivity index (χ1n) is 12.0. The third-order valence-corrected chi connectivity index (χ3v) is 6.15. The van der Waals surface area contributed by atoms with E-state index in [1.807, 2.05) is 61.7 Å². The Kier molecular flexibility index (Phi) is 9.41. The van der Waals surface area contributed by atoms with E-state index in [4.69, 9.17) is 16.6 Å². The number of hydrogen-bond donors (Lipinski definition) is 2. The van der Waals surface area contributed by atoms with Crippen molar-refractivity contribution in [2.24, 2.45) is 4.99 Å². The molecule has 0 aromatic heterocycles. The molecule has 0 bridgehead atoms. The maximum absolute atomic E-state index is 13.3. The quantitative estimate of drug-likeness (QED) is 0.244. The lowest BCUT2D eigenvalue weighted by Gasteiger charge is -2.40. The van der Waals surface area contributed by atoms with Crippen LogP contribution in [0.1, 0.15) is 45.6 Å². The molecule has 2 N–H and O–H groups in total. The summed E-state index contributed by atoms with van der Waals surface area (Å²) in [4.78, 5) is 4.80. The predicted octanol–water partition coefficient (Wildman–Crippen LogP) is 7.97. The fraction of sp³-hybridized carbons (Fsp3) is 0.345. The van der Waals surface area contributed by atoms with Crippen molar-refractivity contribution in [3.8, 4) is 0 Å². The molecule has 2 aromatic rings. The van der Waals surface area contributed by atoms with Crippen molar-refractivity contribution in [2.75, 3.05) is 5.32 Å². The van der Waals surface area contributed by atoms with Crippen LogP contribution in [-0.4, -0.2) is 23.8 Å². The van der Waals surface area contributed by atoms with E-state index in [9.17, 15) is 8.78 Å². The number of hydrogen-bond acceptors (Lipinski definition) is 3. The zero-order valence-corrected chi connectivity index (χ0v) is 21.3. The van der Waals surface area contributed by atoms with Gasteiger partial charge in [0.25, 0.3) is 0 Å². The summed E-state index contributed by atoms with van der Waals surface area (Å²) in [5.74, 6) is -2.73. The lowest BCUT2D eigenvalue weighted by atomic mass is 9.79. The average Bonchev–Trinajstić information content (AvgIpc) is 2.82. The van der Waals surface area contributed by atoms with Crippen molar-refractivity contribution in [1.29, 1.82) is 0 Å². The van der Waals surface area contributed by atoms with Crippen molar-refractivity contribution < 1.29 is 8.78 Å². The molecular formula is C29H34ClF2N3. The molecule has 1 heterocycles. The van der Waals surface area contributed by atoms with Gasteiger partial charge in [-0.05, 0) is 62.9 Å². The molecule has 2 atom stereocenters. The van der Waals surface area contributed by atoms with Gasteiger partial charge < -0.3 is 5.32 Å². The second-order valence-corrected chi connectivity index (χ2v) is 9.56. The molecular weight excluding hydrogens is 464 g/mol. The topological polar surface area (TPSA) is 36.4 Å². The minimum atomic E-state index is -2.73. The number of halogens is 3. The summed E-state index contributed by atoms with van der Waals surface area (Å²) in [7, 11) is 0. The third kappa shape index (κ3) is 8.15. The minimum Gasteiger partial charge on any atom is -0.370 e. The molecule has 0 radical (unpaired) electrons. The normalized spacial score (nSPS) is 17.2. The highest BCUT2D eigenvalue weighted by atomic mass is 35.5. The van der Waals surface area contributed by atoms with E-state index in [0.717, 1.165) is 42.3 Å². The van der Waals surface area contributed by atoms with Crippen LogP contribution in [0.3, 0.4) is 0 Å². The van der Waals surface area contributed by atoms with Crippen molar-refractivity contribution in [3.63, 3.8) is 0 Å². The largest absolute Gasteiger partial charge is 0.370 e. The number of anilines is 1. The third-order valence-electron chi connectivity index (χ3n) is 5.92. The maximum atomic E-state index is 13.3. The van der Waals surface area contributed by atoms with Crippen LogP contribution in [0.15, 0.2) is 95.2 Å². The molecule has 0 fully saturated rings. The van der Waals surface area contributed by atoms with Crippen molar-refractivity contribution in [2.45, 2.75) is 64.1 Å². The fourth-order valence-electron chi connectivity index (χ4n) is 4.23. The Labute approximate surface area is 212 Å². The lowest BCUT2D eigenvalue weighted by Crippen LogP contribution is -2.55. The minimum absolute atomic E-state index is 0.150. The van der Waals surface area contributed by atoms with Crippen LogP contribution in [-0.2, 0) is 6.42 Å². The van der Waals surface area contributed by atoms with Crippen LogP contribution < -0.4 is 10.6 Å². The first-order chi connectivity index (χ1) is 16.7. The number of allylic oxidation sites excluding steroid dienone is 4. The van der Waals surface area contributed by atoms with Crippen molar-refractivity contribution >= 4 is 23.5 Å². The summed E-state index contributed by atoms with van der Waals surface area (Å²) in [6, 6.07) is 17.8. The van der Waals surface area contributed by atoms with Crippen LogP contribution in [0.25, 0.3) is 0 Å². The van der Waals surface area contributed by atoms with E-state index in [0.29, 0.717) is 11.4 Å². The van der Waals surface area contributed by atoms with Gasteiger partial charge in [0.15, 0.2) is 0 Å². The van der Waals surface area contributed by atoms with Crippen molar-refractivity contribution in [1.82, 2.24) is 5.32 Å². The summed E-state index contributed by atoms with van der Waals surface area (Å²) in [6.07, 6.45) is 11.3. The van der Waals surface area contributed by atoms with Gasteiger partial charge in [0, 0.05) is 29.8 Å². The molecule has 1 aliphatic rings. The van der Waals surface area contributed by atoms with Gasteiger partial charge in [-0.2, -0.15) is 0 Å². The van der Waals surface area contributed by atoms with E-state index in [1.165, 1.54) is 6.08 Å². The van der Waals surface area contributed by atoms with Gasteiger partial charge >= 0.3 is 0 Å². The molecule has 1 aliphatic heterocycles. The molecule has 3 rings (SSSR count). The highest BCUT2D eigenvalue weighted by molar-refractivity contribution is 6.30. The second-order valence-electron chi connectivity index (χ2n) is 9.12. The average molecular weight is 498 g/mol. The van der Waals surface area contributed by atoms with E-state index < -0.39 is 11.5 Å². The van der Waals surface area contributed by atoms with E-state index >= 15 is 0 Å². The number of aliphatic imine (C=N–C) groups is 1. The molecule has 0 spiro atoms. The molecule has 0 aliphatic carbocycles. The molecule has 35 heavy (non-hydrogen) atoms. The number of nitrogens with one attached hydrogen (secondary N) is 2. The monoisotopic (exact) mass is 497 g/mol. The van der Waals surface area contributed by atoms with Gasteiger partial charge in [0.05, 0.1) is 17.4 Å². The van der Waals surface area contributed by atoms with Gasteiger partial charge in [-0.1, -0.05) is 72.3 Å². The molecule has 2 aromatic carbocycles. The van der Waals surface area contributed by atoms with Gasteiger partial charge in [0.2, 0.25) is 5.92 Å². The van der Waals surface area contributed by atoms with Gasteiger partial charge in [-0.15, -0.1) is 0 Å². The van der Waals surface area contributed by atoms with Gasteiger partial charge in [-0.3, -0.25) is 10.3 Å².